The molecule has 0 spiro atoms. The van der Waals surface area contributed by atoms with Gasteiger partial charge in [0.2, 0.25) is 0 Å². The Hall–Kier alpha value is -1.07. The topological polar surface area (TPSA) is 32.3 Å². The molecule has 1 amide bonds. The standard InChI is InChI=1S/C14H19FN2OS/c1-10(2)19-14(18)17-8-7-16-13(9-17)11-3-5-12(15)6-4-11/h3-6,10,13,16H,7-9H2,1-2H3. The summed E-state index contributed by atoms with van der Waals surface area (Å²) in [4.78, 5) is 13.9. The molecule has 1 aromatic rings. The van der Waals surface area contributed by atoms with E-state index in [0.29, 0.717) is 11.8 Å². The van der Waals surface area contributed by atoms with E-state index in [2.05, 4.69) is 5.32 Å². The number of amides is 1. The zero-order valence-corrected chi connectivity index (χ0v) is 12.0. The second kappa shape index (κ2) is 6.39. The van der Waals surface area contributed by atoms with E-state index >= 15 is 0 Å². The van der Waals surface area contributed by atoms with Crippen LogP contribution in [0.3, 0.4) is 0 Å². The number of carbonyl (C=O) groups is 1. The molecule has 19 heavy (non-hydrogen) atoms. The van der Waals surface area contributed by atoms with Gasteiger partial charge >= 0.3 is 0 Å². The summed E-state index contributed by atoms with van der Waals surface area (Å²) in [5.74, 6) is -0.233. The van der Waals surface area contributed by atoms with Crippen LogP contribution in [-0.2, 0) is 0 Å². The summed E-state index contributed by atoms with van der Waals surface area (Å²) in [5.41, 5.74) is 1.02. The number of hydrogen-bond acceptors (Lipinski definition) is 3. The quantitative estimate of drug-likeness (QED) is 0.905. The maximum absolute atomic E-state index is 12.9. The number of hydrogen-bond donors (Lipinski definition) is 1. The number of halogens is 1. The number of benzene rings is 1. The van der Waals surface area contributed by atoms with Gasteiger partial charge in [-0.05, 0) is 17.7 Å². The van der Waals surface area contributed by atoms with Gasteiger partial charge in [0.1, 0.15) is 5.82 Å². The van der Waals surface area contributed by atoms with Crippen LogP contribution in [0.15, 0.2) is 24.3 Å². The fraction of sp³-hybridized carbons (Fsp3) is 0.500. The molecule has 0 bridgehead atoms. The van der Waals surface area contributed by atoms with Crippen LogP contribution in [0.5, 0.6) is 0 Å². The first kappa shape index (κ1) is 14.3. The van der Waals surface area contributed by atoms with E-state index in [-0.39, 0.29) is 17.1 Å². The smallest absolute Gasteiger partial charge is 0.281 e. The summed E-state index contributed by atoms with van der Waals surface area (Å²) in [6.07, 6.45) is 0. The minimum absolute atomic E-state index is 0.0889. The van der Waals surface area contributed by atoms with Gasteiger partial charge in [-0.25, -0.2) is 4.39 Å². The van der Waals surface area contributed by atoms with Crippen LogP contribution in [0, 0.1) is 5.82 Å². The van der Waals surface area contributed by atoms with Gasteiger partial charge in [-0.1, -0.05) is 37.7 Å². The molecule has 1 aliphatic heterocycles. The highest BCUT2D eigenvalue weighted by molar-refractivity contribution is 8.14. The Labute approximate surface area is 117 Å². The maximum atomic E-state index is 12.9. The molecule has 104 valence electrons. The highest BCUT2D eigenvalue weighted by Gasteiger charge is 2.24. The molecule has 3 nitrogen and oxygen atoms in total. The number of thioether (sulfide) groups is 1. The van der Waals surface area contributed by atoms with E-state index < -0.39 is 0 Å². The third-order valence-electron chi connectivity index (χ3n) is 3.04. The molecule has 1 atom stereocenters. The maximum Gasteiger partial charge on any atom is 0.281 e. The van der Waals surface area contributed by atoms with Crippen molar-refractivity contribution in [2.45, 2.75) is 25.1 Å². The van der Waals surface area contributed by atoms with Crippen LogP contribution in [0.4, 0.5) is 9.18 Å². The minimum Gasteiger partial charge on any atom is -0.330 e. The number of piperazine rings is 1. The first-order valence-electron chi connectivity index (χ1n) is 6.50. The van der Waals surface area contributed by atoms with Gasteiger partial charge in [0.25, 0.3) is 5.24 Å². The van der Waals surface area contributed by atoms with Crippen LogP contribution in [-0.4, -0.2) is 35.0 Å². The van der Waals surface area contributed by atoms with Crippen LogP contribution in [0.1, 0.15) is 25.5 Å². The van der Waals surface area contributed by atoms with Crippen molar-refractivity contribution in [2.24, 2.45) is 0 Å². The van der Waals surface area contributed by atoms with Gasteiger partial charge in [0.05, 0.1) is 0 Å². The van der Waals surface area contributed by atoms with Crippen molar-refractivity contribution in [1.29, 1.82) is 0 Å². The van der Waals surface area contributed by atoms with Crippen LogP contribution in [0.25, 0.3) is 0 Å². The molecular weight excluding hydrogens is 263 g/mol. The van der Waals surface area contributed by atoms with Gasteiger partial charge in [-0.3, -0.25) is 4.79 Å². The molecule has 0 radical (unpaired) electrons. The molecule has 1 unspecified atom stereocenters. The Morgan fingerprint density at radius 2 is 2.11 bits per heavy atom. The third kappa shape index (κ3) is 3.94. The molecule has 1 fully saturated rings. The van der Waals surface area contributed by atoms with Crippen molar-refractivity contribution in [2.75, 3.05) is 19.6 Å². The average Bonchev–Trinajstić information content (AvgIpc) is 2.39. The Balaban J connectivity index is 2.00. The van der Waals surface area contributed by atoms with E-state index in [1.807, 2.05) is 18.7 Å². The highest BCUT2D eigenvalue weighted by atomic mass is 32.2. The van der Waals surface area contributed by atoms with Gasteiger partial charge in [-0.15, -0.1) is 0 Å². The van der Waals surface area contributed by atoms with Crippen molar-refractivity contribution in [1.82, 2.24) is 10.2 Å². The van der Waals surface area contributed by atoms with E-state index in [9.17, 15) is 9.18 Å². The SMILES string of the molecule is CC(C)SC(=O)N1CCNC(c2ccc(F)cc2)C1. The minimum atomic E-state index is -0.233. The molecule has 1 heterocycles. The molecule has 2 rings (SSSR count). The first-order chi connectivity index (χ1) is 9.06. The van der Waals surface area contributed by atoms with Gasteiger partial charge in [0.15, 0.2) is 0 Å². The Morgan fingerprint density at radius 1 is 1.42 bits per heavy atom. The molecule has 1 N–H and O–H groups in total. The van der Waals surface area contributed by atoms with Crippen molar-refractivity contribution in [3.05, 3.63) is 35.6 Å². The number of carbonyl (C=O) groups excluding carboxylic acids is 1. The molecular formula is C14H19FN2OS. The fourth-order valence-electron chi connectivity index (χ4n) is 2.11. The van der Waals surface area contributed by atoms with E-state index in [1.54, 1.807) is 12.1 Å². The largest absolute Gasteiger partial charge is 0.330 e. The van der Waals surface area contributed by atoms with E-state index in [0.717, 1.165) is 18.7 Å². The van der Waals surface area contributed by atoms with Gasteiger partial charge < -0.3 is 10.2 Å². The number of nitrogens with one attached hydrogen (secondary N) is 1. The molecule has 0 saturated carbocycles. The summed E-state index contributed by atoms with van der Waals surface area (Å²) >= 11 is 1.36. The first-order valence-corrected chi connectivity index (χ1v) is 7.38. The lowest BCUT2D eigenvalue weighted by Gasteiger charge is -2.34. The number of nitrogens with zero attached hydrogens (tertiary/aromatic N) is 1. The molecule has 1 aromatic carbocycles. The molecule has 1 aliphatic rings. The van der Waals surface area contributed by atoms with Crippen molar-refractivity contribution in [3.8, 4) is 0 Å². The van der Waals surface area contributed by atoms with Gasteiger partial charge in [0, 0.05) is 30.9 Å². The molecule has 0 aromatic heterocycles. The van der Waals surface area contributed by atoms with Gasteiger partial charge in [-0.2, -0.15) is 0 Å². The normalized spacial score (nSPS) is 19.8. The average molecular weight is 282 g/mol. The van der Waals surface area contributed by atoms with E-state index in [1.165, 1.54) is 23.9 Å². The monoisotopic (exact) mass is 282 g/mol. The fourth-order valence-corrected chi connectivity index (χ4v) is 2.83. The second-order valence-corrected chi connectivity index (χ2v) is 6.46. The van der Waals surface area contributed by atoms with Crippen molar-refractivity contribution < 1.29 is 9.18 Å². The van der Waals surface area contributed by atoms with Crippen LogP contribution >= 0.6 is 11.8 Å². The highest BCUT2D eigenvalue weighted by Crippen LogP contribution is 2.22. The Kier molecular flexibility index (Phi) is 4.82. The van der Waals surface area contributed by atoms with Crippen molar-refractivity contribution >= 4 is 17.0 Å². The lowest BCUT2D eigenvalue weighted by molar-refractivity contribution is 0.200. The summed E-state index contributed by atoms with van der Waals surface area (Å²) < 4.78 is 12.9. The summed E-state index contributed by atoms with van der Waals surface area (Å²) in [6.45, 7) is 6.18. The molecule has 1 saturated heterocycles. The third-order valence-corrected chi connectivity index (χ3v) is 3.97. The lowest BCUT2D eigenvalue weighted by Crippen LogP contribution is -2.47. The second-order valence-electron chi connectivity index (χ2n) is 4.94. The summed E-state index contributed by atoms with van der Waals surface area (Å²) in [7, 11) is 0. The predicted molar refractivity (Wildman–Crippen MR) is 76.8 cm³/mol. The summed E-state index contributed by atoms with van der Waals surface area (Å²) in [5, 5.41) is 3.79. The summed E-state index contributed by atoms with van der Waals surface area (Å²) in [6, 6.07) is 6.56. The van der Waals surface area contributed by atoms with Crippen molar-refractivity contribution in [3.63, 3.8) is 0 Å². The lowest BCUT2D eigenvalue weighted by atomic mass is 10.0. The predicted octanol–water partition coefficient (Wildman–Crippen LogP) is 3.03. The number of rotatable bonds is 2. The Bertz CT molecular complexity index is 436. The van der Waals surface area contributed by atoms with Crippen LogP contribution < -0.4 is 5.32 Å². The van der Waals surface area contributed by atoms with Crippen LogP contribution in [0.2, 0.25) is 0 Å². The zero-order valence-electron chi connectivity index (χ0n) is 11.2. The molecule has 5 heteroatoms. The van der Waals surface area contributed by atoms with E-state index in [4.69, 9.17) is 0 Å². The molecule has 0 aliphatic carbocycles. The zero-order chi connectivity index (χ0) is 13.8. The Morgan fingerprint density at radius 3 is 2.74 bits per heavy atom.